The van der Waals surface area contributed by atoms with E-state index in [1.165, 1.54) is 0 Å². The first-order valence-corrected chi connectivity index (χ1v) is 11.9. The highest BCUT2D eigenvalue weighted by molar-refractivity contribution is 5.85. The first-order valence-electron chi connectivity index (χ1n) is 11.9. The molecule has 2 aromatic rings. The Morgan fingerprint density at radius 2 is 1.55 bits per heavy atom. The van der Waals surface area contributed by atoms with Crippen LogP contribution >= 0.6 is 12.4 Å². The van der Waals surface area contributed by atoms with Crippen LogP contribution in [0.2, 0.25) is 0 Å². The number of likely N-dealkylation sites (N-methyl/N-ethyl adjacent to an activating group) is 1. The van der Waals surface area contributed by atoms with Crippen LogP contribution in [0.4, 0.5) is 18.9 Å². The molecule has 1 aliphatic heterocycles. The highest BCUT2D eigenvalue weighted by Crippen LogP contribution is 2.34. The van der Waals surface area contributed by atoms with E-state index < -0.39 is 36.8 Å². The van der Waals surface area contributed by atoms with E-state index in [0.717, 1.165) is 48.5 Å². The highest BCUT2D eigenvalue weighted by Gasteiger charge is 2.33. The van der Waals surface area contributed by atoms with Crippen molar-refractivity contribution in [1.82, 2.24) is 9.80 Å². The minimum absolute atomic E-state index is 0. The molecule has 0 spiro atoms. The lowest BCUT2D eigenvalue weighted by molar-refractivity contribution is -0.138. The van der Waals surface area contributed by atoms with Crippen LogP contribution in [0.15, 0.2) is 48.5 Å². The molecule has 1 heterocycles. The minimum Gasteiger partial charge on any atom is -0.480 e. The van der Waals surface area contributed by atoms with Gasteiger partial charge in [-0.3, -0.25) is 14.4 Å². The topological polar surface area (TPSA) is 101 Å². The Hall–Kier alpha value is -3.31. The molecule has 0 saturated carbocycles. The fourth-order valence-electron chi connectivity index (χ4n) is 4.53. The average Bonchev–Trinajstić information content (AvgIpc) is 3.34. The minimum atomic E-state index is -4.74. The van der Waals surface area contributed by atoms with Gasteiger partial charge in [0, 0.05) is 19.3 Å². The van der Waals surface area contributed by atoms with Crippen LogP contribution in [0.5, 0.6) is 0 Å². The van der Waals surface area contributed by atoms with Crippen LogP contribution in [-0.2, 0) is 27.0 Å². The Kier molecular flexibility index (Phi) is 11.0. The number of halogens is 4. The first-order chi connectivity index (χ1) is 17.5. The van der Waals surface area contributed by atoms with E-state index >= 15 is 0 Å². The standard InChI is InChI=1S/C26H30F3N3O5.ClH/c1-30(22(15-31-11-5-6-12-31)18-7-3-2-4-8-18)23(33)13-19-9-10-20(26(27,28)29)14-21(19)32(16-24(34)35)17-25(36)37;/h2-4,7-10,14,22H,5-6,11-13,15-17H2,1H3,(H,34,35)(H,36,37);1H/t22-;/m1./s1. The molecule has 8 nitrogen and oxygen atoms in total. The number of carboxylic acids is 2. The van der Waals surface area contributed by atoms with Crippen molar-refractivity contribution in [3.8, 4) is 0 Å². The first kappa shape index (κ1) is 30.9. The Bertz CT molecular complexity index is 1100. The monoisotopic (exact) mass is 557 g/mol. The van der Waals surface area contributed by atoms with Gasteiger partial charge in [-0.2, -0.15) is 13.2 Å². The van der Waals surface area contributed by atoms with E-state index in [1.54, 1.807) is 11.9 Å². The molecule has 0 aliphatic carbocycles. The summed E-state index contributed by atoms with van der Waals surface area (Å²) in [7, 11) is 1.63. The largest absolute Gasteiger partial charge is 0.480 e. The summed E-state index contributed by atoms with van der Waals surface area (Å²) < 4.78 is 40.3. The third-order valence-corrected chi connectivity index (χ3v) is 6.42. The lowest BCUT2D eigenvalue weighted by Crippen LogP contribution is -2.40. The summed E-state index contributed by atoms with van der Waals surface area (Å²) in [6, 6.07) is 11.7. The average molecular weight is 558 g/mol. The van der Waals surface area contributed by atoms with Crippen molar-refractivity contribution in [2.24, 2.45) is 0 Å². The maximum atomic E-state index is 13.4. The second kappa shape index (κ2) is 13.5. The molecule has 0 aromatic heterocycles. The lowest BCUT2D eigenvalue weighted by atomic mass is 10.0. The molecule has 0 unspecified atom stereocenters. The third-order valence-electron chi connectivity index (χ3n) is 6.42. The summed E-state index contributed by atoms with van der Waals surface area (Å²) in [6.07, 6.45) is -2.93. The predicted molar refractivity (Wildman–Crippen MR) is 138 cm³/mol. The summed E-state index contributed by atoms with van der Waals surface area (Å²) in [5.74, 6) is -3.22. The molecule has 38 heavy (non-hydrogen) atoms. The van der Waals surface area contributed by atoms with Gasteiger partial charge in [0.05, 0.1) is 18.0 Å². The number of aliphatic carboxylic acids is 2. The fraction of sp³-hybridized carbons (Fsp3) is 0.423. The number of carboxylic acid groups (broad SMARTS) is 2. The highest BCUT2D eigenvalue weighted by atomic mass is 35.5. The molecule has 1 aliphatic rings. The van der Waals surface area contributed by atoms with Gasteiger partial charge in [0.15, 0.2) is 0 Å². The number of anilines is 1. The number of nitrogens with zero attached hydrogens (tertiary/aromatic N) is 3. The second-order valence-corrected chi connectivity index (χ2v) is 9.10. The van der Waals surface area contributed by atoms with Crippen molar-refractivity contribution < 1.29 is 37.8 Å². The molecule has 1 fully saturated rings. The number of alkyl halides is 3. The van der Waals surface area contributed by atoms with E-state index in [9.17, 15) is 37.8 Å². The Morgan fingerprint density at radius 1 is 0.974 bits per heavy atom. The normalized spacial score (nSPS) is 14.4. The molecule has 3 rings (SSSR count). The number of amides is 1. The van der Waals surface area contributed by atoms with Crippen LogP contribution < -0.4 is 4.90 Å². The van der Waals surface area contributed by atoms with Crippen molar-refractivity contribution in [2.75, 3.05) is 44.7 Å². The van der Waals surface area contributed by atoms with E-state index in [-0.39, 0.29) is 42.0 Å². The summed E-state index contributed by atoms with van der Waals surface area (Å²) in [4.78, 5) is 40.8. The van der Waals surface area contributed by atoms with Crippen LogP contribution in [0.1, 0.15) is 35.6 Å². The van der Waals surface area contributed by atoms with E-state index in [0.29, 0.717) is 12.6 Å². The maximum Gasteiger partial charge on any atom is 0.416 e. The molecule has 0 bridgehead atoms. The van der Waals surface area contributed by atoms with Gasteiger partial charge in [-0.1, -0.05) is 36.4 Å². The number of carbonyl (C=O) groups excluding carboxylic acids is 1. The molecule has 0 radical (unpaired) electrons. The van der Waals surface area contributed by atoms with Crippen molar-refractivity contribution in [1.29, 1.82) is 0 Å². The van der Waals surface area contributed by atoms with Crippen molar-refractivity contribution in [3.63, 3.8) is 0 Å². The number of hydrogen-bond donors (Lipinski definition) is 2. The molecule has 1 saturated heterocycles. The van der Waals surface area contributed by atoms with Gasteiger partial charge in [0.2, 0.25) is 5.91 Å². The zero-order chi connectivity index (χ0) is 27.2. The zero-order valence-electron chi connectivity index (χ0n) is 20.9. The van der Waals surface area contributed by atoms with Gasteiger partial charge in [0.1, 0.15) is 13.1 Å². The van der Waals surface area contributed by atoms with Crippen molar-refractivity contribution >= 4 is 35.9 Å². The van der Waals surface area contributed by atoms with E-state index in [4.69, 9.17) is 0 Å². The molecule has 208 valence electrons. The Labute approximate surface area is 225 Å². The third kappa shape index (κ3) is 8.35. The van der Waals surface area contributed by atoms with Gasteiger partial charge < -0.3 is 24.9 Å². The van der Waals surface area contributed by atoms with Crippen LogP contribution in [-0.4, -0.2) is 77.6 Å². The zero-order valence-corrected chi connectivity index (χ0v) is 21.7. The summed E-state index contributed by atoms with van der Waals surface area (Å²) in [5.41, 5.74) is -0.294. The Morgan fingerprint density at radius 3 is 2.08 bits per heavy atom. The van der Waals surface area contributed by atoms with Gasteiger partial charge in [-0.15, -0.1) is 12.4 Å². The van der Waals surface area contributed by atoms with Crippen molar-refractivity contribution in [3.05, 3.63) is 65.2 Å². The summed E-state index contributed by atoms with van der Waals surface area (Å²) >= 11 is 0. The number of carbonyl (C=O) groups is 3. The van der Waals surface area contributed by atoms with Gasteiger partial charge in [-0.25, -0.2) is 0 Å². The molecule has 1 atom stereocenters. The smallest absolute Gasteiger partial charge is 0.416 e. The van der Waals surface area contributed by atoms with Crippen molar-refractivity contribution in [2.45, 2.75) is 31.5 Å². The van der Waals surface area contributed by atoms with E-state index in [1.807, 2.05) is 30.3 Å². The number of hydrogen-bond acceptors (Lipinski definition) is 5. The quantitative estimate of drug-likeness (QED) is 0.431. The molecule has 1 amide bonds. The van der Waals surface area contributed by atoms with Gasteiger partial charge in [0.25, 0.3) is 0 Å². The second-order valence-electron chi connectivity index (χ2n) is 9.10. The van der Waals surface area contributed by atoms with Crippen LogP contribution in [0.25, 0.3) is 0 Å². The fourth-order valence-corrected chi connectivity index (χ4v) is 4.53. The summed E-state index contributed by atoms with van der Waals surface area (Å²) in [5, 5.41) is 18.5. The lowest BCUT2D eigenvalue weighted by Gasteiger charge is -2.33. The predicted octanol–water partition coefficient (Wildman–Crippen LogP) is 3.94. The van der Waals surface area contributed by atoms with Crippen LogP contribution in [0, 0.1) is 0 Å². The van der Waals surface area contributed by atoms with Gasteiger partial charge >= 0.3 is 18.1 Å². The molecule has 2 aromatic carbocycles. The SMILES string of the molecule is CN(C(=O)Cc1ccc(C(F)(F)F)cc1N(CC(=O)O)CC(=O)O)[C@H](CN1CCCC1)c1ccccc1.Cl. The van der Waals surface area contributed by atoms with Gasteiger partial charge in [-0.05, 0) is 49.2 Å². The number of rotatable bonds is 11. The summed E-state index contributed by atoms with van der Waals surface area (Å²) in [6.45, 7) is 0.732. The number of benzene rings is 2. The molecular weight excluding hydrogens is 527 g/mol. The molecule has 12 heteroatoms. The maximum absolute atomic E-state index is 13.4. The molecule has 2 N–H and O–H groups in total. The Balaban J connectivity index is 0.00000507. The van der Waals surface area contributed by atoms with E-state index in [2.05, 4.69) is 4.90 Å². The number of likely N-dealkylation sites (tertiary alicyclic amines) is 1. The molecular formula is C26H31ClF3N3O5. The van der Waals surface area contributed by atoms with Crippen LogP contribution in [0.3, 0.4) is 0 Å².